The lowest BCUT2D eigenvalue weighted by Crippen LogP contribution is -2.35. The zero-order chi connectivity index (χ0) is 14.0. The Balaban J connectivity index is 2.22. The molecule has 19 heavy (non-hydrogen) atoms. The first kappa shape index (κ1) is 13.6. The Morgan fingerprint density at radius 3 is 2.84 bits per heavy atom. The molecule has 0 saturated heterocycles. The molecule has 2 N–H and O–H groups in total. The Labute approximate surface area is 112 Å². The van der Waals surface area contributed by atoms with Gasteiger partial charge in [0.25, 0.3) is 0 Å². The fourth-order valence-electron chi connectivity index (χ4n) is 2.07. The first-order chi connectivity index (χ1) is 9.02. The maximum absolute atomic E-state index is 11.8. The van der Waals surface area contributed by atoms with Gasteiger partial charge in [0.2, 0.25) is 5.91 Å². The van der Waals surface area contributed by atoms with Crippen molar-refractivity contribution in [1.29, 1.82) is 0 Å². The van der Waals surface area contributed by atoms with Crippen LogP contribution in [-0.4, -0.2) is 23.7 Å². The predicted molar refractivity (Wildman–Crippen MR) is 74.1 cm³/mol. The van der Waals surface area contributed by atoms with Crippen LogP contribution in [0.15, 0.2) is 22.8 Å². The van der Waals surface area contributed by atoms with Gasteiger partial charge in [-0.3, -0.25) is 4.79 Å². The molecular weight excluding hydrogens is 242 g/mol. The second-order valence-corrected chi connectivity index (χ2v) is 4.97. The molecule has 1 atom stereocenters. The number of carbonyl (C=O) groups excluding carboxylic acids is 1. The first-order valence-electron chi connectivity index (χ1n) is 6.39. The van der Waals surface area contributed by atoms with Gasteiger partial charge in [-0.2, -0.15) is 0 Å². The highest BCUT2D eigenvalue weighted by molar-refractivity contribution is 5.89. The van der Waals surface area contributed by atoms with Crippen LogP contribution >= 0.6 is 0 Å². The molecule has 1 aromatic carbocycles. The molecule has 1 aromatic heterocycles. The zero-order valence-electron chi connectivity index (χ0n) is 11.5. The second-order valence-electron chi connectivity index (χ2n) is 4.97. The summed E-state index contributed by atoms with van der Waals surface area (Å²) >= 11 is 0. The molecule has 2 rings (SSSR count). The van der Waals surface area contributed by atoms with Gasteiger partial charge in [-0.15, -0.1) is 0 Å². The van der Waals surface area contributed by atoms with Crippen molar-refractivity contribution in [1.82, 2.24) is 5.32 Å². The van der Waals surface area contributed by atoms with E-state index < -0.39 is 0 Å². The largest absolute Gasteiger partial charge is 0.464 e. The highest BCUT2D eigenvalue weighted by Gasteiger charge is 2.13. The summed E-state index contributed by atoms with van der Waals surface area (Å²) in [6.45, 7) is 5.75. The first-order valence-corrected chi connectivity index (χ1v) is 6.39. The van der Waals surface area contributed by atoms with Crippen LogP contribution in [0.25, 0.3) is 11.0 Å². The van der Waals surface area contributed by atoms with Crippen molar-refractivity contribution in [2.45, 2.75) is 33.2 Å². The normalized spacial score (nSPS) is 12.6. The Morgan fingerprint density at radius 1 is 1.42 bits per heavy atom. The lowest BCUT2D eigenvalue weighted by Gasteiger charge is -2.10. The average Bonchev–Trinajstić information content (AvgIpc) is 2.77. The molecule has 4 nitrogen and oxygen atoms in total. The van der Waals surface area contributed by atoms with Crippen LogP contribution in [0, 0.1) is 13.8 Å². The van der Waals surface area contributed by atoms with Crippen LogP contribution in [-0.2, 0) is 11.2 Å². The molecule has 0 aliphatic carbocycles. The van der Waals surface area contributed by atoms with Crippen LogP contribution in [0.3, 0.4) is 0 Å². The average molecular weight is 261 g/mol. The van der Waals surface area contributed by atoms with E-state index in [9.17, 15) is 4.79 Å². The number of furan rings is 1. The molecule has 0 radical (unpaired) electrons. The van der Waals surface area contributed by atoms with E-state index in [1.807, 2.05) is 26.0 Å². The lowest BCUT2D eigenvalue weighted by atomic mass is 10.0. The molecule has 0 bridgehead atoms. The molecular formula is C15H19NO3. The summed E-state index contributed by atoms with van der Waals surface area (Å²) in [6, 6.07) is 3.79. The Bertz CT molecular complexity index is 601. The quantitative estimate of drug-likeness (QED) is 0.885. The number of rotatable bonds is 4. The number of amides is 1. The summed E-state index contributed by atoms with van der Waals surface area (Å²) in [7, 11) is 0. The molecule has 0 fully saturated rings. The van der Waals surface area contributed by atoms with Gasteiger partial charge in [0.1, 0.15) is 5.58 Å². The lowest BCUT2D eigenvalue weighted by molar-refractivity contribution is -0.121. The number of aryl methyl sites for hydroxylation is 2. The third kappa shape index (κ3) is 2.79. The number of hydrogen-bond acceptors (Lipinski definition) is 3. The zero-order valence-corrected chi connectivity index (χ0v) is 11.5. The minimum Gasteiger partial charge on any atom is -0.464 e. The Morgan fingerprint density at radius 2 is 2.16 bits per heavy atom. The highest BCUT2D eigenvalue weighted by Crippen LogP contribution is 2.26. The monoisotopic (exact) mass is 261 g/mol. The van der Waals surface area contributed by atoms with Gasteiger partial charge in [0.05, 0.1) is 19.3 Å². The third-order valence-corrected chi connectivity index (χ3v) is 3.37. The van der Waals surface area contributed by atoms with E-state index in [1.165, 1.54) is 5.56 Å². The maximum atomic E-state index is 11.8. The van der Waals surface area contributed by atoms with Crippen LogP contribution in [0.4, 0.5) is 0 Å². The maximum Gasteiger partial charge on any atom is 0.224 e. The van der Waals surface area contributed by atoms with E-state index in [-0.39, 0.29) is 25.0 Å². The van der Waals surface area contributed by atoms with Crippen LogP contribution in [0.5, 0.6) is 0 Å². The van der Waals surface area contributed by atoms with Crippen molar-refractivity contribution in [2.75, 3.05) is 6.61 Å². The number of aliphatic hydroxyl groups is 1. The highest BCUT2D eigenvalue weighted by atomic mass is 16.3. The summed E-state index contributed by atoms with van der Waals surface area (Å²) in [6.07, 6.45) is 1.90. The van der Waals surface area contributed by atoms with Crippen molar-refractivity contribution in [2.24, 2.45) is 0 Å². The molecule has 0 spiro atoms. The van der Waals surface area contributed by atoms with Crippen molar-refractivity contribution in [3.05, 3.63) is 35.1 Å². The molecule has 0 aliphatic rings. The third-order valence-electron chi connectivity index (χ3n) is 3.37. The van der Waals surface area contributed by atoms with Gasteiger partial charge in [0.15, 0.2) is 0 Å². The number of carbonyl (C=O) groups is 1. The number of aliphatic hydroxyl groups excluding tert-OH is 1. The Kier molecular flexibility index (Phi) is 3.90. The van der Waals surface area contributed by atoms with E-state index in [1.54, 1.807) is 13.2 Å². The number of fused-ring (bicyclic) bond motifs is 1. The Hall–Kier alpha value is -1.81. The molecule has 102 valence electrons. The minimum atomic E-state index is -0.227. The summed E-state index contributed by atoms with van der Waals surface area (Å²) in [5.41, 5.74) is 4.00. The van der Waals surface area contributed by atoms with Gasteiger partial charge < -0.3 is 14.8 Å². The van der Waals surface area contributed by atoms with Crippen LogP contribution < -0.4 is 5.32 Å². The summed E-state index contributed by atoms with van der Waals surface area (Å²) in [4.78, 5) is 11.8. The summed E-state index contributed by atoms with van der Waals surface area (Å²) < 4.78 is 5.56. The molecule has 1 unspecified atom stereocenters. The second kappa shape index (κ2) is 5.45. The minimum absolute atomic E-state index is 0.0593. The van der Waals surface area contributed by atoms with Crippen molar-refractivity contribution in [3.8, 4) is 0 Å². The number of benzene rings is 1. The van der Waals surface area contributed by atoms with Gasteiger partial charge >= 0.3 is 0 Å². The summed E-state index contributed by atoms with van der Waals surface area (Å²) in [5, 5.41) is 12.6. The predicted octanol–water partition coefficient (Wildman–Crippen LogP) is 2.09. The van der Waals surface area contributed by atoms with Crippen molar-refractivity contribution in [3.63, 3.8) is 0 Å². The molecule has 4 heteroatoms. The van der Waals surface area contributed by atoms with E-state index in [2.05, 4.69) is 5.32 Å². The molecule has 0 saturated carbocycles. The topological polar surface area (TPSA) is 62.5 Å². The van der Waals surface area contributed by atoms with Crippen molar-refractivity contribution < 1.29 is 14.3 Å². The van der Waals surface area contributed by atoms with Gasteiger partial charge in [-0.25, -0.2) is 0 Å². The molecule has 0 aliphatic heterocycles. The van der Waals surface area contributed by atoms with Gasteiger partial charge in [0, 0.05) is 17.0 Å². The SMILES string of the molecule is Cc1ccc2c(CC(=O)NC(C)CO)coc2c1C. The summed E-state index contributed by atoms with van der Waals surface area (Å²) in [5.74, 6) is -0.109. The molecule has 1 amide bonds. The van der Waals surface area contributed by atoms with Gasteiger partial charge in [-0.05, 0) is 31.9 Å². The number of hydrogen-bond donors (Lipinski definition) is 2. The van der Waals surface area contributed by atoms with Crippen LogP contribution in [0.2, 0.25) is 0 Å². The van der Waals surface area contributed by atoms with E-state index >= 15 is 0 Å². The molecule has 2 aromatic rings. The van der Waals surface area contributed by atoms with Crippen molar-refractivity contribution >= 4 is 16.9 Å². The fraction of sp³-hybridized carbons (Fsp3) is 0.400. The smallest absolute Gasteiger partial charge is 0.224 e. The number of nitrogens with one attached hydrogen (secondary N) is 1. The van der Waals surface area contributed by atoms with E-state index in [0.29, 0.717) is 0 Å². The standard InChI is InChI=1S/C15H19NO3/c1-9-4-5-13-12(8-19-15(13)11(9)3)6-14(18)16-10(2)7-17/h4-5,8,10,17H,6-7H2,1-3H3,(H,16,18). The van der Waals surface area contributed by atoms with E-state index in [0.717, 1.165) is 22.1 Å². The van der Waals surface area contributed by atoms with Gasteiger partial charge in [-0.1, -0.05) is 12.1 Å². The molecule has 1 heterocycles. The fourth-order valence-corrected chi connectivity index (χ4v) is 2.07. The van der Waals surface area contributed by atoms with Crippen LogP contribution in [0.1, 0.15) is 23.6 Å². The van der Waals surface area contributed by atoms with E-state index in [4.69, 9.17) is 9.52 Å².